The summed E-state index contributed by atoms with van der Waals surface area (Å²) in [6.07, 6.45) is 10.9. The van der Waals surface area contributed by atoms with Crippen LogP contribution in [0.2, 0.25) is 0 Å². The van der Waals surface area contributed by atoms with E-state index < -0.39 is 0 Å². The lowest BCUT2D eigenvalue weighted by Gasteiger charge is -2.32. The van der Waals surface area contributed by atoms with Crippen molar-refractivity contribution < 1.29 is 4.74 Å². The maximum Gasteiger partial charge on any atom is 0.120 e. The number of morpholine rings is 1. The van der Waals surface area contributed by atoms with Crippen LogP contribution >= 0.6 is 12.2 Å². The van der Waals surface area contributed by atoms with Crippen molar-refractivity contribution in [3.05, 3.63) is 0 Å². The number of ether oxygens (including phenoxy) is 1. The van der Waals surface area contributed by atoms with E-state index in [2.05, 4.69) is 11.8 Å². The van der Waals surface area contributed by atoms with Gasteiger partial charge in [0.2, 0.25) is 0 Å². The number of thiocarbonyl (C=S) groups is 1. The molecule has 0 bridgehead atoms. The maximum absolute atomic E-state index is 5.64. The second-order valence-corrected chi connectivity index (χ2v) is 6.01. The number of hydrogen-bond donors (Lipinski definition) is 1. The molecule has 112 valence electrons. The van der Waals surface area contributed by atoms with Crippen LogP contribution in [0.1, 0.15) is 58.3 Å². The molecule has 0 aromatic heterocycles. The SMILES string of the molecule is CCCCCCCCCCN1CCOC(C(N)=S)C1. The van der Waals surface area contributed by atoms with E-state index in [1.807, 2.05) is 0 Å². The van der Waals surface area contributed by atoms with Crippen LogP contribution in [-0.4, -0.2) is 42.2 Å². The smallest absolute Gasteiger partial charge is 0.120 e. The predicted octanol–water partition coefficient (Wildman–Crippen LogP) is 3.11. The minimum absolute atomic E-state index is 0.0298. The first-order valence-electron chi connectivity index (χ1n) is 7.87. The van der Waals surface area contributed by atoms with E-state index >= 15 is 0 Å². The van der Waals surface area contributed by atoms with Crippen molar-refractivity contribution in [2.24, 2.45) is 5.73 Å². The molecule has 3 nitrogen and oxygen atoms in total. The predicted molar refractivity (Wildman–Crippen MR) is 85.6 cm³/mol. The first-order valence-corrected chi connectivity index (χ1v) is 8.28. The van der Waals surface area contributed by atoms with Crippen molar-refractivity contribution in [1.82, 2.24) is 4.90 Å². The molecule has 1 saturated heterocycles. The van der Waals surface area contributed by atoms with Crippen molar-refractivity contribution in [2.45, 2.75) is 64.4 Å². The van der Waals surface area contributed by atoms with Crippen molar-refractivity contribution >= 4 is 17.2 Å². The zero-order valence-electron chi connectivity index (χ0n) is 12.4. The molecule has 1 atom stereocenters. The van der Waals surface area contributed by atoms with E-state index in [1.165, 1.54) is 51.4 Å². The van der Waals surface area contributed by atoms with Gasteiger partial charge in [-0.25, -0.2) is 0 Å². The Labute approximate surface area is 123 Å². The summed E-state index contributed by atoms with van der Waals surface area (Å²) in [5, 5.41) is 0. The van der Waals surface area contributed by atoms with E-state index in [0.29, 0.717) is 4.99 Å². The Morgan fingerprint density at radius 2 is 1.79 bits per heavy atom. The first-order chi connectivity index (χ1) is 9.24. The second kappa shape index (κ2) is 10.6. The largest absolute Gasteiger partial charge is 0.391 e. The molecule has 0 aliphatic carbocycles. The van der Waals surface area contributed by atoms with Crippen LogP contribution in [0.5, 0.6) is 0 Å². The lowest BCUT2D eigenvalue weighted by Crippen LogP contribution is -2.47. The molecule has 0 aromatic carbocycles. The third-order valence-corrected chi connectivity index (χ3v) is 4.06. The molecule has 2 N–H and O–H groups in total. The summed E-state index contributed by atoms with van der Waals surface area (Å²) in [6.45, 7) is 6.10. The standard InChI is InChI=1S/C15H30N2OS/c1-2-3-4-5-6-7-8-9-10-17-11-12-18-14(13-17)15(16)19/h14H,2-13H2,1H3,(H2,16,19). The topological polar surface area (TPSA) is 38.5 Å². The number of nitrogens with two attached hydrogens (primary N) is 1. The first kappa shape index (κ1) is 16.9. The highest BCUT2D eigenvalue weighted by atomic mass is 32.1. The highest BCUT2D eigenvalue weighted by molar-refractivity contribution is 7.80. The van der Waals surface area contributed by atoms with Gasteiger partial charge in [0.15, 0.2) is 0 Å². The van der Waals surface area contributed by atoms with Crippen molar-refractivity contribution in [3.8, 4) is 0 Å². The Morgan fingerprint density at radius 3 is 2.42 bits per heavy atom. The van der Waals surface area contributed by atoms with Gasteiger partial charge in [-0.3, -0.25) is 4.90 Å². The van der Waals surface area contributed by atoms with Crippen LogP contribution in [-0.2, 0) is 4.74 Å². The Morgan fingerprint density at radius 1 is 1.16 bits per heavy atom. The van der Waals surface area contributed by atoms with Gasteiger partial charge in [0.05, 0.1) is 6.61 Å². The molecule has 1 aliphatic heterocycles. The van der Waals surface area contributed by atoms with Gasteiger partial charge in [-0.15, -0.1) is 0 Å². The average Bonchev–Trinajstić information content (AvgIpc) is 2.42. The van der Waals surface area contributed by atoms with Crippen molar-refractivity contribution in [2.75, 3.05) is 26.2 Å². The zero-order valence-corrected chi connectivity index (χ0v) is 13.2. The van der Waals surface area contributed by atoms with Crippen LogP contribution < -0.4 is 5.73 Å². The Bertz CT molecular complexity index is 248. The molecule has 0 amide bonds. The fourth-order valence-electron chi connectivity index (χ4n) is 2.55. The monoisotopic (exact) mass is 286 g/mol. The minimum Gasteiger partial charge on any atom is -0.391 e. The third kappa shape index (κ3) is 7.85. The molecule has 1 heterocycles. The van der Waals surface area contributed by atoms with Crippen LogP contribution in [0.4, 0.5) is 0 Å². The number of hydrogen-bond acceptors (Lipinski definition) is 3. The van der Waals surface area contributed by atoms with Gasteiger partial charge in [0.1, 0.15) is 11.1 Å². The van der Waals surface area contributed by atoms with Crippen LogP contribution in [0.25, 0.3) is 0 Å². The van der Waals surface area contributed by atoms with Gasteiger partial charge >= 0.3 is 0 Å². The van der Waals surface area contributed by atoms with E-state index in [-0.39, 0.29) is 6.10 Å². The summed E-state index contributed by atoms with van der Waals surface area (Å²) in [4.78, 5) is 2.94. The Hall–Kier alpha value is -0.190. The summed E-state index contributed by atoms with van der Waals surface area (Å²) >= 11 is 5.00. The summed E-state index contributed by atoms with van der Waals surface area (Å²) in [6, 6.07) is 0. The minimum atomic E-state index is -0.0298. The maximum atomic E-state index is 5.64. The lowest BCUT2D eigenvalue weighted by molar-refractivity contribution is 0.00667. The second-order valence-electron chi connectivity index (χ2n) is 5.54. The molecular weight excluding hydrogens is 256 g/mol. The summed E-state index contributed by atoms with van der Waals surface area (Å²) in [7, 11) is 0. The molecule has 1 aliphatic rings. The molecule has 4 heteroatoms. The highest BCUT2D eigenvalue weighted by Gasteiger charge is 2.21. The van der Waals surface area contributed by atoms with Gasteiger partial charge in [-0.05, 0) is 13.0 Å². The highest BCUT2D eigenvalue weighted by Crippen LogP contribution is 2.11. The Balaban J connectivity index is 1.95. The summed E-state index contributed by atoms with van der Waals surface area (Å²) < 4.78 is 5.54. The van der Waals surface area contributed by atoms with Crippen LogP contribution in [0, 0.1) is 0 Å². The van der Waals surface area contributed by atoms with E-state index in [1.54, 1.807) is 0 Å². The van der Waals surface area contributed by atoms with Crippen LogP contribution in [0.3, 0.4) is 0 Å². The summed E-state index contributed by atoms with van der Waals surface area (Å²) in [5.41, 5.74) is 5.64. The number of rotatable bonds is 10. The van der Waals surface area contributed by atoms with E-state index in [4.69, 9.17) is 22.7 Å². The molecule has 0 saturated carbocycles. The molecule has 1 fully saturated rings. The summed E-state index contributed by atoms with van der Waals surface area (Å²) in [5.74, 6) is 0. The molecule has 19 heavy (non-hydrogen) atoms. The fourth-order valence-corrected chi connectivity index (χ4v) is 2.69. The molecule has 0 radical (unpaired) electrons. The fraction of sp³-hybridized carbons (Fsp3) is 0.933. The normalized spacial score (nSPS) is 20.6. The van der Waals surface area contributed by atoms with E-state index in [0.717, 1.165) is 26.2 Å². The van der Waals surface area contributed by atoms with Crippen molar-refractivity contribution in [1.29, 1.82) is 0 Å². The van der Waals surface area contributed by atoms with Crippen LogP contribution in [0.15, 0.2) is 0 Å². The molecule has 1 rings (SSSR count). The molecule has 0 aromatic rings. The van der Waals surface area contributed by atoms with Crippen molar-refractivity contribution in [3.63, 3.8) is 0 Å². The molecule has 1 unspecified atom stereocenters. The number of nitrogens with zero attached hydrogens (tertiary/aromatic N) is 1. The molecule has 0 spiro atoms. The van der Waals surface area contributed by atoms with Gasteiger partial charge in [-0.2, -0.15) is 0 Å². The van der Waals surface area contributed by atoms with Gasteiger partial charge in [-0.1, -0.05) is 64.1 Å². The van der Waals surface area contributed by atoms with Gasteiger partial charge in [0, 0.05) is 13.1 Å². The van der Waals surface area contributed by atoms with Gasteiger partial charge in [0.25, 0.3) is 0 Å². The quantitative estimate of drug-likeness (QED) is 0.495. The molecular formula is C15H30N2OS. The zero-order chi connectivity index (χ0) is 13.9. The Kier molecular flexibility index (Phi) is 9.39. The lowest BCUT2D eigenvalue weighted by atomic mass is 10.1. The number of unbranched alkanes of at least 4 members (excludes halogenated alkanes) is 7. The van der Waals surface area contributed by atoms with E-state index in [9.17, 15) is 0 Å². The third-order valence-electron chi connectivity index (χ3n) is 3.80. The average molecular weight is 286 g/mol. The van der Waals surface area contributed by atoms with Gasteiger partial charge < -0.3 is 10.5 Å².